The second kappa shape index (κ2) is 7.81. The molecule has 0 bridgehead atoms. The summed E-state index contributed by atoms with van der Waals surface area (Å²) in [6.45, 7) is 7.31. The predicted molar refractivity (Wildman–Crippen MR) is 78.9 cm³/mol. The van der Waals surface area contributed by atoms with E-state index in [0.29, 0.717) is 6.42 Å². The van der Waals surface area contributed by atoms with E-state index in [1.165, 1.54) is 0 Å². The Morgan fingerprint density at radius 3 is 2.85 bits per heavy atom. The van der Waals surface area contributed by atoms with Crippen molar-refractivity contribution < 1.29 is 9.53 Å². The summed E-state index contributed by atoms with van der Waals surface area (Å²) in [6, 6.07) is 3.74. The minimum Gasteiger partial charge on any atom is -0.379 e. The number of amides is 1. The molecule has 6 nitrogen and oxygen atoms in total. The van der Waals surface area contributed by atoms with Gasteiger partial charge in [-0.25, -0.2) is 4.98 Å². The number of morpholine rings is 1. The Balaban J connectivity index is 1.71. The van der Waals surface area contributed by atoms with Crippen molar-refractivity contribution in [3.63, 3.8) is 0 Å². The molecule has 2 N–H and O–H groups in total. The van der Waals surface area contributed by atoms with Crippen LogP contribution in [0.1, 0.15) is 13.3 Å². The smallest absolute Gasteiger partial charge is 0.224 e. The fourth-order valence-corrected chi connectivity index (χ4v) is 1.99. The van der Waals surface area contributed by atoms with Gasteiger partial charge in [0, 0.05) is 32.6 Å². The molecule has 110 valence electrons. The Morgan fingerprint density at radius 2 is 2.20 bits per heavy atom. The Kier molecular flexibility index (Phi) is 5.76. The van der Waals surface area contributed by atoms with E-state index >= 15 is 0 Å². The van der Waals surface area contributed by atoms with Crippen molar-refractivity contribution in [1.82, 2.24) is 9.88 Å². The van der Waals surface area contributed by atoms with Gasteiger partial charge in [0.2, 0.25) is 5.91 Å². The van der Waals surface area contributed by atoms with Crippen LogP contribution < -0.4 is 10.6 Å². The summed E-state index contributed by atoms with van der Waals surface area (Å²) in [4.78, 5) is 17.9. The molecule has 1 amide bonds. The molecule has 1 fully saturated rings. The number of nitrogens with zero attached hydrogens (tertiary/aromatic N) is 2. The lowest BCUT2D eigenvalue weighted by molar-refractivity contribution is -0.115. The number of hydrogen-bond acceptors (Lipinski definition) is 5. The van der Waals surface area contributed by atoms with Crippen molar-refractivity contribution in [2.45, 2.75) is 13.3 Å². The van der Waals surface area contributed by atoms with Crippen LogP contribution >= 0.6 is 0 Å². The van der Waals surface area contributed by atoms with Crippen LogP contribution in [0.15, 0.2) is 18.3 Å². The molecule has 0 unspecified atom stereocenters. The van der Waals surface area contributed by atoms with Gasteiger partial charge in [0.05, 0.1) is 25.1 Å². The third-order valence-corrected chi connectivity index (χ3v) is 3.21. The zero-order valence-electron chi connectivity index (χ0n) is 11.9. The molecule has 1 aliphatic rings. The fraction of sp³-hybridized carbons (Fsp3) is 0.571. The van der Waals surface area contributed by atoms with E-state index in [2.05, 4.69) is 20.5 Å². The molecule has 0 aromatic carbocycles. The lowest BCUT2D eigenvalue weighted by atomic mass is 10.3. The summed E-state index contributed by atoms with van der Waals surface area (Å²) < 4.78 is 5.31. The van der Waals surface area contributed by atoms with Gasteiger partial charge in [-0.2, -0.15) is 0 Å². The Morgan fingerprint density at radius 1 is 1.40 bits per heavy atom. The van der Waals surface area contributed by atoms with Crippen molar-refractivity contribution in [1.29, 1.82) is 0 Å². The van der Waals surface area contributed by atoms with Gasteiger partial charge in [-0.1, -0.05) is 6.92 Å². The molecule has 1 aromatic rings. The molecule has 0 saturated carbocycles. The number of ether oxygens (including phenoxy) is 1. The van der Waals surface area contributed by atoms with Crippen LogP contribution in [0.2, 0.25) is 0 Å². The first kappa shape index (κ1) is 14.7. The fourth-order valence-electron chi connectivity index (χ4n) is 1.99. The van der Waals surface area contributed by atoms with Gasteiger partial charge in [0.15, 0.2) is 0 Å². The molecule has 20 heavy (non-hydrogen) atoms. The van der Waals surface area contributed by atoms with Crippen LogP contribution in [0.3, 0.4) is 0 Å². The van der Waals surface area contributed by atoms with E-state index in [0.717, 1.165) is 50.9 Å². The summed E-state index contributed by atoms with van der Waals surface area (Å²) in [5, 5.41) is 6.06. The highest BCUT2D eigenvalue weighted by Gasteiger charge is 2.09. The van der Waals surface area contributed by atoms with Gasteiger partial charge >= 0.3 is 0 Å². The minimum absolute atomic E-state index is 0.000161. The second-order valence-electron chi connectivity index (χ2n) is 4.71. The van der Waals surface area contributed by atoms with Gasteiger partial charge in [0.25, 0.3) is 0 Å². The molecule has 1 aromatic heterocycles. The van der Waals surface area contributed by atoms with E-state index in [1.807, 2.05) is 19.1 Å². The number of aromatic nitrogens is 1. The summed E-state index contributed by atoms with van der Waals surface area (Å²) in [5.74, 6) is 0.826. The highest BCUT2D eigenvalue weighted by Crippen LogP contribution is 2.09. The standard InChI is InChI=1S/C14H22N4O2/c1-2-14(19)17-12-3-4-13(16-11-12)15-5-6-18-7-9-20-10-8-18/h3-4,11H,2,5-10H2,1H3,(H,15,16)(H,17,19). The van der Waals surface area contributed by atoms with Crippen LogP contribution in [-0.4, -0.2) is 55.2 Å². The molecule has 0 radical (unpaired) electrons. The zero-order chi connectivity index (χ0) is 14.2. The second-order valence-corrected chi connectivity index (χ2v) is 4.71. The molecule has 0 spiro atoms. The van der Waals surface area contributed by atoms with Crippen LogP contribution in [-0.2, 0) is 9.53 Å². The number of hydrogen-bond donors (Lipinski definition) is 2. The topological polar surface area (TPSA) is 66.5 Å². The molecular formula is C14H22N4O2. The first-order valence-corrected chi connectivity index (χ1v) is 7.08. The maximum absolute atomic E-state index is 11.2. The van der Waals surface area contributed by atoms with Crippen LogP contribution in [0, 0.1) is 0 Å². The minimum atomic E-state index is -0.000161. The highest BCUT2D eigenvalue weighted by atomic mass is 16.5. The molecule has 6 heteroatoms. The van der Waals surface area contributed by atoms with E-state index in [-0.39, 0.29) is 5.91 Å². The molecular weight excluding hydrogens is 256 g/mol. The van der Waals surface area contributed by atoms with Crippen molar-refractivity contribution >= 4 is 17.4 Å². The maximum atomic E-state index is 11.2. The average Bonchev–Trinajstić information content (AvgIpc) is 2.50. The molecule has 2 heterocycles. The van der Waals surface area contributed by atoms with Crippen molar-refractivity contribution in [2.75, 3.05) is 50.0 Å². The van der Waals surface area contributed by atoms with Gasteiger partial charge < -0.3 is 15.4 Å². The molecule has 0 aliphatic carbocycles. The average molecular weight is 278 g/mol. The van der Waals surface area contributed by atoms with E-state index in [4.69, 9.17) is 4.74 Å². The zero-order valence-corrected chi connectivity index (χ0v) is 11.9. The van der Waals surface area contributed by atoms with Gasteiger partial charge in [-0.3, -0.25) is 9.69 Å². The van der Waals surface area contributed by atoms with E-state index in [1.54, 1.807) is 6.20 Å². The summed E-state index contributed by atoms with van der Waals surface area (Å²) >= 11 is 0. The monoisotopic (exact) mass is 278 g/mol. The van der Waals surface area contributed by atoms with Gasteiger partial charge in [-0.05, 0) is 12.1 Å². The number of rotatable bonds is 6. The third-order valence-electron chi connectivity index (χ3n) is 3.21. The van der Waals surface area contributed by atoms with Crippen molar-refractivity contribution in [3.8, 4) is 0 Å². The predicted octanol–water partition coefficient (Wildman–Crippen LogP) is 1.17. The van der Waals surface area contributed by atoms with Crippen LogP contribution in [0.4, 0.5) is 11.5 Å². The quantitative estimate of drug-likeness (QED) is 0.818. The molecule has 1 aliphatic heterocycles. The SMILES string of the molecule is CCC(=O)Nc1ccc(NCCN2CCOCC2)nc1. The number of carbonyl (C=O) groups is 1. The summed E-state index contributed by atoms with van der Waals surface area (Å²) in [7, 11) is 0. The maximum Gasteiger partial charge on any atom is 0.224 e. The molecule has 1 saturated heterocycles. The molecule has 0 atom stereocenters. The Bertz CT molecular complexity index is 416. The Hall–Kier alpha value is -1.66. The van der Waals surface area contributed by atoms with Gasteiger partial charge in [-0.15, -0.1) is 0 Å². The summed E-state index contributed by atoms with van der Waals surface area (Å²) in [5.41, 5.74) is 0.732. The lowest BCUT2D eigenvalue weighted by Gasteiger charge is -2.26. The van der Waals surface area contributed by atoms with Gasteiger partial charge in [0.1, 0.15) is 5.82 Å². The first-order valence-electron chi connectivity index (χ1n) is 7.08. The first-order chi connectivity index (χ1) is 9.78. The largest absolute Gasteiger partial charge is 0.379 e. The highest BCUT2D eigenvalue weighted by molar-refractivity contribution is 5.90. The summed E-state index contributed by atoms with van der Waals surface area (Å²) in [6.07, 6.45) is 2.14. The third kappa shape index (κ3) is 4.79. The van der Waals surface area contributed by atoms with Crippen LogP contribution in [0.25, 0.3) is 0 Å². The normalized spacial score (nSPS) is 15.8. The number of carbonyl (C=O) groups excluding carboxylic acids is 1. The van der Waals surface area contributed by atoms with E-state index in [9.17, 15) is 4.79 Å². The number of pyridine rings is 1. The molecule has 2 rings (SSSR count). The van der Waals surface area contributed by atoms with Crippen molar-refractivity contribution in [2.24, 2.45) is 0 Å². The number of anilines is 2. The Labute approximate surface area is 119 Å². The lowest BCUT2D eigenvalue weighted by Crippen LogP contribution is -2.39. The number of nitrogens with one attached hydrogen (secondary N) is 2. The van der Waals surface area contributed by atoms with Crippen LogP contribution in [0.5, 0.6) is 0 Å². The van der Waals surface area contributed by atoms with Crippen molar-refractivity contribution in [3.05, 3.63) is 18.3 Å². The van der Waals surface area contributed by atoms with E-state index < -0.39 is 0 Å².